The van der Waals surface area contributed by atoms with Crippen molar-refractivity contribution < 1.29 is 9.72 Å². The van der Waals surface area contributed by atoms with Crippen LogP contribution in [0.4, 0.5) is 5.69 Å². The SMILES string of the molecule is CCCNC(=O)CNCc1cc(Br)cc([N+](=O)[O-])c1. The highest BCUT2D eigenvalue weighted by Crippen LogP contribution is 2.21. The van der Waals surface area contributed by atoms with Gasteiger partial charge in [-0.05, 0) is 18.1 Å². The van der Waals surface area contributed by atoms with Crippen LogP contribution in [0.25, 0.3) is 0 Å². The molecule has 0 unspecified atom stereocenters. The smallest absolute Gasteiger partial charge is 0.270 e. The standard InChI is InChI=1S/C12H16BrN3O3/c1-2-3-15-12(17)8-14-7-9-4-10(13)6-11(5-9)16(18)19/h4-6,14H,2-3,7-8H2,1H3,(H,15,17). The van der Waals surface area contributed by atoms with Gasteiger partial charge in [-0.15, -0.1) is 0 Å². The Morgan fingerprint density at radius 2 is 2.16 bits per heavy atom. The van der Waals surface area contributed by atoms with E-state index in [9.17, 15) is 14.9 Å². The largest absolute Gasteiger partial charge is 0.355 e. The van der Waals surface area contributed by atoms with Crippen molar-refractivity contribution in [3.63, 3.8) is 0 Å². The molecule has 0 radical (unpaired) electrons. The van der Waals surface area contributed by atoms with Gasteiger partial charge in [-0.25, -0.2) is 0 Å². The van der Waals surface area contributed by atoms with E-state index < -0.39 is 4.92 Å². The third kappa shape index (κ3) is 5.80. The summed E-state index contributed by atoms with van der Waals surface area (Å²) in [6, 6.07) is 4.71. The topological polar surface area (TPSA) is 84.3 Å². The summed E-state index contributed by atoms with van der Waals surface area (Å²) in [5.41, 5.74) is 0.783. The number of halogens is 1. The lowest BCUT2D eigenvalue weighted by Gasteiger charge is -2.06. The number of nitrogens with one attached hydrogen (secondary N) is 2. The molecule has 0 spiro atoms. The Labute approximate surface area is 119 Å². The lowest BCUT2D eigenvalue weighted by molar-refractivity contribution is -0.385. The number of hydrogen-bond acceptors (Lipinski definition) is 4. The Balaban J connectivity index is 2.49. The minimum Gasteiger partial charge on any atom is -0.355 e. The van der Waals surface area contributed by atoms with E-state index in [4.69, 9.17) is 0 Å². The lowest BCUT2D eigenvalue weighted by Crippen LogP contribution is -2.33. The zero-order valence-corrected chi connectivity index (χ0v) is 12.2. The van der Waals surface area contributed by atoms with Gasteiger partial charge in [-0.1, -0.05) is 22.9 Å². The summed E-state index contributed by atoms with van der Waals surface area (Å²) < 4.78 is 0.647. The summed E-state index contributed by atoms with van der Waals surface area (Å²) in [6.45, 7) is 3.23. The monoisotopic (exact) mass is 329 g/mol. The van der Waals surface area contributed by atoms with Crippen LogP contribution in [-0.2, 0) is 11.3 Å². The summed E-state index contributed by atoms with van der Waals surface area (Å²) in [5, 5.41) is 16.4. The molecule has 0 saturated heterocycles. The molecule has 7 heteroatoms. The molecule has 1 aromatic rings. The van der Waals surface area contributed by atoms with Crippen molar-refractivity contribution >= 4 is 27.5 Å². The zero-order chi connectivity index (χ0) is 14.3. The van der Waals surface area contributed by atoms with Crippen molar-refractivity contribution in [3.05, 3.63) is 38.3 Å². The number of carbonyl (C=O) groups excluding carboxylic acids is 1. The Morgan fingerprint density at radius 1 is 1.42 bits per heavy atom. The van der Waals surface area contributed by atoms with Crippen molar-refractivity contribution in [2.24, 2.45) is 0 Å². The molecule has 2 N–H and O–H groups in total. The van der Waals surface area contributed by atoms with E-state index in [2.05, 4.69) is 26.6 Å². The summed E-state index contributed by atoms with van der Waals surface area (Å²) in [6.07, 6.45) is 0.892. The number of nitrogens with zero attached hydrogens (tertiary/aromatic N) is 1. The summed E-state index contributed by atoms with van der Waals surface area (Å²) in [7, 11) is 0. The van der Waals surface area contributed by atoms with Crippen LogP contribution in [0.15, 0.2) is 22.7 Å². The maximum absolute atomic E-state index is 11.3. The van der Waals surface area contributed by atoms with Crippen LogP contribution in [0.3, 0.4) is 0 Å². The van der Waals surface area contributed by atoms with Crippen molar-refractivity contribution in [1.82, 2.24) is 10.6 Å². The molecule has 0 aliphatic rings. The zero-order valence-electron chi connectivity index (χ0n) is 10.6. The number of carbonyl (C=O) groups is 1. The Hall–Kier alpha value is -1.47. The highest BCUT2D eigenvalue weighted by molar-refractivity contribution is 9.10. The first kappa shape index (κ1) is 15.6. The Bertz CT molecular complexity index is 466. The second-order valence-electron chi connectivity index (χ2n) is 4.03. The van der Waals surface area contributed by atoms with E-state index in [0.717, 1.165) is 12.0 Å². The fourth-order valence-corrected chi connectivity index (χ4v) is 2.02. The van der Waals surface area contributed by atoms with Gasteiger partial charge in [0.2, 0.25) is 5.91 Å². The van der Waals surface area contributed by atoms with Crippen LogP contribution < -0.4 is 10.6 Å². The fourth-order valence-electron chi connectivity index (χ4n) is 1.49. The molecule has 1 rings (SSSR count). The van der Waals surface area contributed by atoms with Crippen molar-refractivity contribution in [2.75, 3.05) is 13.1 Å². The van der Waals surface area contributed by atoms with E-state index in [1.807, 2.05) is 6.92 Å². The summed E-state index contributed by atoms with van der Waals surface area (Å²) >= 11 is 3.22. The molecule has 0 heterocycles. The molecule has 1 aromatic carbocycles. The Kier molecular flexibility index (Phi) is 6.44. The van der Waals surface area contributed by atoms with Crippen molar-refractivity contribution in [3.8, 4) is 0 Å². The normalized spacial score (nSPS) is 10.2. The van der Waals surface area contributed by atoms with Gasteiger partial charge in [0.25, 0.3) is 5.69 Å². The van der Waals surface area contributed by atoms with Crippen LogP contribution in [0.5, 0.6) is 0 Å². The van der Waals surface area contributed by atoms with Gasteiger partial charge in [0.1, 0.15) is 0 Å². The van der Waals surface area contributed by atoms with Crippen LogP contribution in [0.2, 0.25) is 0 Å². The first-order valence-corrected chi connectivity index (χ1v) is 6.73. The first-order chi connectivity index (χ1) is 9.02. The molecule has 0 aliphatic carbocycles. The maximum Gasteiger partial charge on any atom is 0.270 e. The molecule has 19 heavy (non-hydrogen) atoms. The van der Waals surface area contributed by atoms with E-state index in [0.29, 0.717) is 17.6 Å². The fraction of sp³-hybridized carbons (Fsp3) is 0.417. The van der Waals surface area contributed by atoms with E-state index in [-0.39, 0.29) is 18.1 Å². The van der Waals surface area contributed by atoms with Crippen LogP contribution in [-0.4, -0.2) is 23.9 Å². The highest BCUT2D eigenvalue weighted by Gasteiger charge is 2.08. The van der Waals surface area contributed by atoms with Crippen LogP contribution in [0.1, 0.15) is 18.9 Å². The maximum atomic E-state index is 11.3. The average molecular weight is 330 g/mol. The third-order valence-electron chi connectivity index (χ3n) is 2.34. The lowest BCUT2D eigenvalue weighted by atomic mass is 10.2. The number of amides is 1. The van der Waals surface area contributed by atoms with Gasteiger partial charge in [-0.3, -0.25) is 14.9 Å². The van der Waals surface area contributed by atoms with Gasteiger partial charge in [-0.2, -0.15) is 0 Å². The molecule has 6 nitrogen and oxygen atoms in total. The molecular formula is C12H16BrN3O3. The van der Waals surface area contributed by atoms with Gasteiger partial charge >= 0.3 is 0 Å². The van der Waals surface area contributed by atoms with E-state index in [1.54, 1.807) is 6.07 Å². The number of nitro groups is 1. The number of non-ortho nitro benzene ring substituents is 1. The predicted octanol–water partition coefficient (Wildman–Crippen LogP) is 1.97. The second-order valence-corrected chi connectivity index (χ2v) is 4.94. The molecular weight excluding hydrogens is 314 g/mol. The molecule has 0 saturated carbocycles. The van der Waals surface area contributed by atoms with E-state index >= 15 is 0 Å². The van der Waals surface area contributed by atoms with Crippen molar-refractivity contribution in [2.45, 2.75) is 19.9 Å². The van der Waals surface area contributed by atoms with Gasteiger partial charge < -0.3 is 10.6 Å². The molecule has 104 valence electrons. The molecule has 0 aliphatic heterocycles. The van der Waals surface area contributed by atoms with Gasteiger partial charge in [0.15, 0.2) is 0 Å². The first-order valence-electron chi connectivity index (χ1n) is 5.94. The van der Waals surface area contributed by atoms with Crippen LogP contribution >= 0.6 is 15.9 Å². The third-order valence-corrected chi connectivity index (χ3v) is 2.80. The number of benzene rings is 1. The number of nitro benzene ring substituents is 1. The van der Waals surface area contributed by atoms with Crippen LogP contribution in [0, 0.1) is 10.1 Å². The highest BCUT2D eigenvalue weighted by atomic mass is 79.9. The number of rotatable bonds is 7. The minimum atomic E-state index is -0.442. The molecule has 0 atom stereocenters. The Morgan fingerprint density at radius 3 is 2.79 bits per heavy atom. The summed E-state index contributed by atoms with van der Waals surface area (Å²) in [5.74, 6) is -0.0775. The number of hydrogen-bond donors (Lipinski definition) is 2. The molecule has 0 bridgehead atoms. The predicted molar refractivity (Wildman–Crippen MR) is 75.8 cm³/mol. The average Bonchev–Trinajstić information content (AvgIpc) is 2.35. The van der Waals surface area contributed by atoms with Crippen molar-refractivity contribution in [1.29, 1.82) is 0 Å². The molecule has 0 fully saturated rings. The quantitative estimate of drug-likeness (QED) is 0.591. The van der Waals surface area contributed by atoms with E-state index in [1.165, 1.54) is 12.1 Å². The minimum absolute atomic E-state index is 0.0293. The molecule has 0 aromatic heterocycles. The summed E-state index contributed by atoms with van der Waals surface area (Å²) in [4.78, 5) is 21.6. The second kappa shape index (κ2) is 7.85. The van der Waals surface area contributed by atoms with Gasteiger partial charge in [0, 0.05) is 29.7 Å². The van der Waals surface area contributed by atoms with Gasteiger partial charge in [0.05, 0.1) is 11.5 Å². The molecule has 1 amide bonds.